The summed E-state index contributed by atoms with van der Waals surface area (Å²) in [5, 5.41) is 12.6. The van der Waals surface area contributed by atoms with Crippen molar-refractivity contribution in [2.75, 3.05) is 18.6 Å². The summed E-state index contributed by atoms with van der Waals surface area (Å²) in [7, 11) is 1.46. The summed E-state index contributed by atoms with van der Waals surface area (Å²) in [6, 6.07) is 24.3. The average Bonchev–Trinajstić information content (AvgIpc) is 3.55. The van der Waals surface area contributed by atoms with Crippen molar-refractivity contribution in [2.24, 2.45) is 0 Å². The van der Waals surface area contributed by atoms with Crippen LogP contribution in [0.2, 0.25) is 0 Å². The lowest BCUT2D eigenvalue weighted by Crippen LogP contribution is -2.54. The topological polar surface area (TPSA) is 118 Å². The summed E-state index contributed by atoms with van der Waals surface area (Å²) < 4.78 is 15.8. The van der Waals surface area contributed by atoms with Crippen LogP contribution < -0.4 is 10.2 Å². The molecule has 0 fully saturated rings. The molecular formula is C32H31N3O6S. The van der Waals surface area contributed by atoms with Gasteiger partial charge >= 0.3 is 12.1 Å². The molecule has 0 aliphatic heterocycles. The van der Waals surface area contributed by atoms with Gasteiger partial charge in [-0.25, -0.2) is 9.59 Å². The first-order chi connectivity index (χ1) is 20.3. The molecule has 2 N–H and O–H groups in total. The first-order valence-electron chi connectivity index (χ1n) is 13.5. The van der Waals surface area contributed by atoms with Gasteiger partial charge < -0.3 is 24.8 Å². The van der Waals surface area contributed by atoms with Crippen LogP contribution in [0.5, 0.6) is 0 Å². The van der Waals surface area contributed by atoms with Crippen LogP contribution in [0.25, 0.3) is 11.1 Å². The number of benzene rings is 3. The SMILES string of the molecule is Cc1nsc(N(C)C(=O)[C@H](NC(=O)OCC2c3ccccc3-c3ccccc32)[C@H](C)OCc2ccccc2)c1C(=O)O. The number of aromatic carboxylic acids is 1. The van der Waals surface area contributed by atoms with Crippen molar-refractivity contribution in [2.45, 2.75) is 38.5 Å². The van der Waals surface area contributed by atoms with Crippen molar-refractivity contribution in [3.8, 4) is 11.1 Å². The molecule has 4 aromatic rings. The van der Waals surface area contributed by atoms with Gasteiger partial charge in [0.05, 0.1) is 18.4 Å². The molecule has 1 aromatic heterocycles. The molecule has 0 unspecified atom stereocenters. The zero-order valence-electron chi connectivity index (χ0n) is 23.4. The molecule has 10 heteroatoms. The third-order valence-corrected chi connectivity index (χ3v) is 8.42. The number of hydrogen-bond donors (Lipinski definition) is 2. The number of nitrogens with zero attached hydrogens (tertiary/aromatic N) is 2. The molecule has 1 aliphatic rings. The van der Waals surface area contributed by atoms with Crippen molar-refractivity contribution in [3.63, 3.8) is 0 Å². The third-order valence-electron chi connectivity index (χ3n) is 7.40. The predicted molar refractivity (Wildman–Crippen MR) is 160 cm³/mol. The van der Waals surface area contributed by atoms with Gasteiger partial charge in [-0.05, 0) is 53.2 Å². The lowest BCUT2D eigenvalue weighted by Gasteiger charge is -2.28. The number of aryl methyl sites for hydroxylation is 1. The van der Waals surface area contributed by atoms with Gasteiger partial charge in [-0.1, -0.05) is 78.9 Å². The molecule has 1 aliphatic carbocycles. The second kappa shape index (κ2) is 12.5. The van der Waals surface area contributed by atoms with Gasteiger partial charge in [0.25, 0.3) is 5.91 Å². The first-order valence-corrected chi connectivity index (χ1v) is 14.3. The van der Waals surface area contributed by atoms with Crippen molar-refractivity contribution in [3.05, 3.63) is 107 Å². The molecule has 1 heterocycles. The molecule has 0 spiro atoms. The number of hydrogen-bond acceptors (Lipinski definition) is 7. The lowest BCUT2D eigenvalue weighted by atomic mass is 9.98. The molecule has 0 saturated heterocycles. The van der Waals surface area contributed by atoms with Gasteiger partial charge in [0.15, 0.2) is 0 Å². The minimum Gasteiger partial charge on any atom is -0.478 e. The monoisotopic (exact) mass is 585 g/mol. The largest absolute Gasteiger partial charge is 0.478 e. The standard InChI is InChI=1S/C32H31N3O6S/c1-19-27(31(37)38)30(42-34-19)35(3)29(36)28(20(2)40-17-21-11-5-4-6-12-21)33-32(39)41-18-26-24-15-9-7-13-22(24)23-14-8-10-16-25(23)26/h4-16,20,26,28H,17-18H2,1-3H3,(H,33,39)(H,37,38)/t20-,28+/m0/s1. The molecule has 0 radical (unpaired) electrons. The molecule has 2 atom stereocenters. The van der Waals surface area contributed by atoms with Crippen LogP contribution >= 0.6 is 11.5 Å². The van der Waals surface area contributed by atoms with E-state index in [9.17, 15) is 19.5 Å². The van der Waals surface area contributed by atoms with E-state index < -0.39 is 30.1 Å². The number of fused-ring (bicyclic) bond motifs is 3. The Morgan fingerprint density at radius 1 is 0.976 bits per heavy atom. The quantitative estimate of drug-likeness (QED) is 0.248. The Balaban J connectivity index is 1.34. The van der Waals surface area contributed by atoms with Gasteiger partial charge in [0.2, 0.25) is 0 Å². The third kappa shape index (κ3) is 5.90. The number of ether oxygens (including phenoxy) is 2. The molecule has 2 amide bonds. The highest BCUT2D eigenvalue weighted by molar-refractivity contribution is 7.11. The summed E-state index contributed by atoms with van der Waals surface area (Å²) in [6.45, 7) is 3.54. The number of likely N-dealkylation sites (N-methyl/N-ethyl adjacent to an activating group) is 1. The number of alkyl carbamates (subject to hydrolysis) is 1. The molecule has 0 saturated carbocycles. The van der Waals surface area contributed by atoms with E-state index in [1.165, 1.54) is 11.9 Å². The Morgan fingerprint density at radius 3 is 2.19 bits per heavy atom. The van der Waals surface area contributed by atoms with Gasteiger partial charge in [-0.15, -0.1) is 0 Å². The minimum atomic E-state index is -1.19. The minimum absolute atomic E-state index is 0.0615. The van der Waals surface area contributed by atoms with Gasteiger partial charge in [0.1, 0.15) is 23.2 Å². The number of carboxylic acid groups (broad SMARTS) is 1. The summed E-state index contributed by atoms with van der Waals surface area (Å²) in [5.41, 5.74) is 5.49. The van der Waals surface area contributed by atoms with E-state index in [1.807, 2.05) is 66.7 Å². The fraction of sp³-hybridized carbons (Fsp3) is 0.250. The molecule has 3 aromatic carbocycles. The summed E-state index contributed by atoms with van der Waals surface area (Å²) >= 11 is 0.903. The molecule has 0 bridgehead atoms. The van der Waals surface area contributed by atoms with Crippen molar-refractivity contribution < 1.29 is 29.0 Å². The van der Waals surface area contributed by atoms with Crippen molar-refractivity contribution >= 4 is 34.5 Å². The predicted octanol–water partition coefficient (Wildman–Crippen LogP) is 5.63. The second-order valence-corrected chi connectivity index (χ2v) is 10.9. The van der Waals surface area contributed by atoms with E-state index >= 15 is 0 Å². The lowest BCUT2D eigenvalue weighted by molar-refractivity contribution is -0.124. The molecule has 216 valence electrons. The molecule has 42 heavy (non-hydrogen) atoms. The van der Waals surface area contributed by atoms with Crippen LogP contribution in [-0.4, -0.2) is 53.3 Å². The summed E-state index contributed by atoms with van der Waals surface area (Å²) in [6.07, 6.45) is -1.55. The highest BCUT2D eigenvalue weighted by atomic mass is 32.1. The number of carbonyl (C=O) groups excluding carboxylic acids is 2. The van der Waals surface area contributed by atoms with E-state index in [0.29, 0.717) is 5.69 Å². The average molecular weight is 586 g/mol. The number of aromatic nitrogens is 1. The van der Waals surface area contributed by atoms with E-state index in [0.717, 1.165) is 39.3 Å². The number of nitrogens with one attached hydrogen (secondary N) is 1. The van der Waals surface area contributed by atoms with Crippen molar-refractivity contribution in [1.82, 2.24) is 9.69 Å². The van der Waals surface area contributed by atoms with Crippen LogP contribution in [0.4, 0.5) is 9.80 Å². The zero-order chi connectivity index (χ0) is 29.8. The number of rotatable bonds is 10. The van der Waals surface area contributed by atoms with E-state index in [-0.39, 0.29) is 29.7 Å². The number of carboxylic acids is 1. The first kappa shape index (κ1) is 29.0. The Bertz CT molecular complexity index is 1560. The summed E-state index contributed by atoms with van der Waals surface area (Å²) in [4.78, 5) is 40.0. The maximum atomic E-state index is 13.8. The zero-order valence-corrected chi connectivity index (χ0v) is 24.3. The highest BCUT2D eigenvalue weighted by Crippen LogP contribution is 2.44. The number of carbonyl (C=O) groups is 3. The van der Waals surface area contributed by atoms with E-state index in [4.69, 9.17) is 9.47 Å². The Labute approximate surface area is 247 Å². The van der Waals surface area contributed by atoms with E-state index in [1.54, 1.807) is 13.8 Å². The molecule has 9 nitrogen and oxygen atoms in total. The maximum absolute atomic E-state index is 13.8. The van der Waals surface area contributed by atoms with Gasteiger partial charge in [-0.2, -0.15) is 4.37 Å². The van der Waals surface area contributed by atoms with Gasteiger partial charge in [-0.3, -0.25) is 4.79 Å². The van der Waals surface area contributed by atoms with Crippen LogP contribution in [0.15, 0.2) is 78.9 Å². The number of amides is 2. The van der Waals surface area contributed by atoms with Crippen molar-refractivity contribution in [1.29, 1.82) is 0 Å². The normalized spacial score (nSPS) is 13.5. The Morgan fingerprint density at radius 2 is 1.57 bits per heavy atom. The van der Waals surface area contributed by atoms with Gasteiger partial charge in [0, 0.05) is 13.0 Å². The molecule has 5 rings (SSSR count). The Kier molecular flexibility index (Phi) is 8.65. The second-order valence-electron chi connectivity index (χ2n) is 10.1. The fourth-order valence-corrected chi connectivity index (χ4v) is 6.04. The van der Waals surface area contributed by atoms with Crippen LogP contribution in [0, 0.1) is 6.92 Å². The highest BCUT2D eigenvalue weighted by Gasteiger charge is 2.35. The number of anilines is 1. The maximum Gasteiger partial charge on any atom is 0.407 e. The van der Waals surface area contributed by atoms with E-state index in [2.05, 4.69) is 21.8 Å². The molecular weight excluding hydrogens is 554 g/mol. The van der Waals surface area contributed by atoms with Crippen LogP contribution in [0.1, 0.15) is 45.6 Å². The Hall–Kier alpha value is -4.54. The van der Waals surface area contributed by atoms with Crippen LogP contribution in [-0.2, 0) is 20.9 Å². The summed E-state index contributed by atoms with van der Waals surface area (Å²) in [5.74, 6) is -1.90. The smallest absolute Gasteiger partial charge is 0.407 e. The fourth-order valence-electron chi connectivity index (χ4n) is 5.19. The van der Waals surface area contributed by atoms with Crippen LogP contribution in [0.3, 0.4) is 0 Å².